The Labute approximate surface area is 88.3 Å². The molecule has 3 atom stereocenters. The number of carboxylic acid groups (broad SMARTS) is 1. The van der Waals surface area contributed by atoms with Crippen LogP contribution in [0.15, 0.2) is 0 Å². The molecule has 0 bridgehead atoms. The summed E-state index contributed by atoms with van der Waals surface area (Å²) in [7, 11) is 0. The van der Waals surface area contributed by atoms with Gasteiger partial charge >= 0.3 is 5.97 Å². The minimum Gasteiger partial charge on any atom is -0.481 e. The van der Waals surface area contributed by atoms with Gasteiger partial charge in [0.2, 0.25) is 0 Å². The van der Waals surface area contributed by atoms with Crippen LogP contribution in [0, 0.1) is 0 Å². The summed E-state index contributed by atoms with van der Waals surface area (Å²) in [5.41, 5.74) is 0. The number of hydrogen-bond donors (Lipinski definition) is 1. The second-order valence-corrected chi connectivity index (χ2v) is 4.43. The normalized spacial score (nSPS) is 38.7. The van der Waals surface area contributed by atoms with E-state index >= 15 is 0 Å². The first-order valence-electron chi connectivity index (χ1n) is 5.17. The highest BCUT2D eigenvalue weighted by molar-refractivity contribution is 5.67. The smallest absolute Gasteiger partial charge is 0.306 e. The first-order valence-corrected chi connectivity index (χ1v) is 5.17. The molecule has 0 radical (unpaired) electrons. The fourth-order valence-electron chi connectivity index (χ4n) is 2.18. The van der Waals surface area contributed by atoms with Crippen LogP contribution in [0.1, 0.15) is 26.7 Å². The molecule has 2 rings (SSSR count). The van der Waals surface area contributed by atoms with E-state index in [1.54, 1.807) is 0 Å². The zero-order valence-corrected chi connectivity index (χ0v) is 8.93. The summed E-state index contributed by atoms with van der Waals surface area (Å²) < 4.78 is 16.7. The van der Waals surface area contributed by atoms with Crippen LogP contribution in [-0.2, 0) is 19.0 Å². The molecule has 0 aromatic rings. The molecule has 86 valence electrons. The van der Waals surface area contributed by atoms with E-state index in [2.05, 4.69) is 0 Å². The average molecular weight is 216 g/mol. The van der Waals surface area contributed by atoms with E-state index in [4.69, 9.17) is 19.3 Å². The van der Waals surface area contributed by atoms with Gasteiger partial charge in [-0.1, -0.05) is 0 Å². The number of aliphatic carboxylic acids is 1. The van der Waals surface area contributed by atoms with Gasteiger partial charge in [-0.15, -0.1) is 0 Å². The van der Waals surface area contributed by atoms with Gasteiger partial charge in [0.25, 0.3) is 0 Å². The van der Waals surface area contributed by atoms with Gasteiger partial charge in [0.1, 0.15) is 6.10 Å². The molecule has 15 heavy (non-hydrogen) atoms. The van der Waals surface area contributed by atoms with Gasteiger partial charge in [0.05, 0.1) is 18.6 Å². The Bertz CT molecular complexity index is 263. The summed E-state index contributed by atoms with van der Waals surface area (Å²) in [6.07, 6.45) is 0.0798. The number of hydrogen-bond acceptors (Lipinski definition) is 4. The van der Waals surface area contributed by atoms with Crippen LogP contribution in [-0.4, -0.2) is 41.8 Å². The Morgan fingerprint density at radius 1 is 1.47 bits per heavy atom. The molecule has 2 heterocycles. The molecule has 2 aliphatic rings. The third-order valence-corrected chi connectivity index (χ3v) is 2.70. The summed E-state index contributed by atoms with van der Waals surface area (Å²) in [6.45, 7) is 4.21. The lowest BCUT2D eigenvalue weighted by atomic mass is 10.0. The summed E-state index contributed by atoms with van der Waals surface area (Å²) in [5.74, 6) is -1.49. The summed E-state index contributed by atoms with van der Waals surface area (Å²) in [6, 6.07) is 0. The van der Waals surface area contributed by atoms with Gasteiger partial charge < -0.3 is 19.3 Å². The van der Waals surface area contributed by atoms with Gasteiger partial charge in [-0.3, -0.25) is 4.79 Å². The predicted octanol–water partition coefficient (Wildman–Crippen LogP) is 0.770. The molecule has 0 aromatic heterocycles. The molecular formula is C10H16O5. The molecule has 1 N–H and O–H groups in total. The van der Waals surface area contributed by atoms with Crippen molar-refractivity contribution in [2.45, 2.75) is 50.8 Å². The Kier molecular flexibility index (Phi) is 2.70. The van der Waals surface area contributed by atoms with Gasteiger partial charge in [-0.25, -0.2) is 0 Å². The fraction of sp³-hybridized carbons (Fsp3) is 0.900. The first kappa shape index (κ1) is 10.9. The van der Waals surface area contributed by atoms with Crippen LogP contribution in [0.3, 0.4) is 0 Å². The number of fused-ring (bicyclic) bond motifs is 1. The molecule has 3 unspecified atom stereocenters. The number of carboxylic acids is 1. The summed E-state index contributed by atoms with van der Waals surface area (Å²) in [5, 5.41) is 8.74. The molecular weight excluding hydrogens is 200 g/mol. The molecule has 0 spiro atoms. The van der Waals surface area contributed by atoms with E-state index in [-0.39, 0.29) is 24.7 Å². The monoisotopic (exact) mass is 216 g/mol. The zero-order valence-electron chi connectivity index (χ0n) is 8.93. The predicted molar refractivity (Wildman–Crippen MR) is 50.4 cm³/mol. The maximum absolute atomic E-state index is 10.6. The standard InChI is InChI=1S/C10H16O5/c1-10(2)14-6-3-4-13-7(5-8(11)12)9(6)15-10/h6-7,9H,3-5H2,1-2H3,(H,11,12). The van der Waals surface area contributed by atoms with E-state index in [0.717, 1.165) is 6.42 Å². The molecule has 0 aliphatic carbocycles. The van der Waals surface area contributed by atoms with E-state index in [1.807, 2.05) is 13.8 Å². The highest BCUT2D eigenvalue weighted by atomic mass is 16.8. The van der Waals surface area contributed by atoms with Crippen molar-refractivity contribution in [2.75, 3.05) is 6.61 Å². The van der Waals surface area contributed by atoms with Gasteiger partial charge in [-0.2, -0.15) is 0 Å². The second kappa shape index (κ2) is 3.73. The van der Waals surface area contributed by atoms with Gasteiger partial charge in [-0.05, 0) is 20.3 Å². The molecule has 2 saturated heterocycles. The quantitative estimate of drug-likeness (QED) is 0.738. The van der Waals surface area contributed by atoms with Crippen LogP contribution in [0.25, 0.3) is 0 Å². The van der Waals surface area contributed by atoms with Crippen molar-refractivity contribution in [1.29, 1.82) is 0 Å². The minimum atomic E-state index is -0.867. The van der Waals surface area contributed by atoms with Crippen molar-refractivity contribution < 1.29 is 24.1 Å². The van der Waals surface area contributed by atoms with Crippen LogP contribution in [0.4, 0.5) is 0 Å². The zero-order chi connectivity index (χ0) is 11.1. The van der Waals surface area contributed by atoms with Gasteiger partial charge in [0, 0.05) is 6.61 Å². The molecule has 0 saturated carbocycles. The van der Waals surface area contributed by atoms with E-state index in [9.17, 15) is 4.79 Å². The number of ether oxygens (including phenoxy) is 3. The van der Waals surface area contributed by atoms with Crippen LogP contribution in [0.5, 0.6) is 0 Å². The lowest BCUT2D eigenvalue weighted by Crippen LogP contribution is -2.43. The van der Waals surface area contributed by atoms with Crippen LogP contribution < -0.4 is 0 Å². The SMILES string of the molecule is CC1(C)OC2CCOC(CC(=O)O)C2O1. The van der Waals surface area contributed by atoms with E-state index in [0.29, 0.717) is 6.61 Å². The third-order valence-electron chi connectivity index (χ3n) is 2.70. The minimum absolute atomic E-state index is 0.0272. The third kappa shape index (κ3) is 2.30. The van der Waals surface area contributed by atoms with Crippen molar-refractivity contribution >= 4 is 5.97 Å². The van der Waals surface area contributed by atoms with Crippen molar-refractivity contribution in [2.24, 2.45) is 0 Å². The summed E-state index contributed by atoms with van der Waals surface area (Å²) in [4.78, 5) is 10.6. The first-order chi connectivity index (χ1) is 6.98. The second-order valence-electron chi connectivity index (χ2n) is 4.43. The van der Waals surface area contributed by atoms with Crippen molar-refractivity contribution in [3.63, 3.8) is 0 Å². The Balaban J connectivity index is 2.05. The maximum atomic E-state index is 10.6. The lowest BCUT2D eigenvalue weighted by molar-refractivity contribution is -0.160. The molecule has 2 aliphatic heterocycles. The lowest BCUT2D eigenvalue weighted by Gasteiger charge is -2.30. The van der Waals surface area contributed by atoms with Crippen LogP contribution >= 0.6 is 0 Å². The molecule has 5 heteroatoms. The average Bonchev–Trinajstić information content (AvgIpc) is 2.39. The molecule has 0 amide bonds. The largest absolute Gasteiger partial charge is 0.481 e. The molecule has 5 nitrogen and oxygen atoms in total. The molecule has 2 fully saturated rings. The Morgan fingerprint density at radius 3 is 2.87 bits per heavy atom. The molecule has 0 aromatic carbocycles. The van der Waals surface area contributed by atoms with Gasteiger partial charge in [0.15, 0.2) is 5.79 Å². The summed E-state index contributed by atoms with van der Waals surface area (Å²) >= 11 is 0. The number of rotatable bonds is 2. The van der Waals surface area contributed by atoms with E-state index < -0.39 is 11.8 Å². The maximum Gasteiger partial charge on any atom is 0.306 e. The number of carbonyl (C=O) groups is 1. The van der Waals surface area contributed by atoms with Crippen molar-refractivity contribution in [1.82, 2.24) is 0 Å². The Morgan fingerprint density at radius 2 is 2.20 bits per heavy atom. The van der Waals surface area contributed by atoms with Crippen molar-refractivity contribution in [3.05, 3.63) is 0 Å². The Hall–Kier alpha value is -0.650. The van der Waals surface area contributed by atoms with E-state index in [1.165, 1.54) is 0 Å². The topological polar surface area (TPSA) is 65.0 Å². The fourth-order valence-corrected chi connectivity index (χ4v) is 2.18. The van der Waals surface area contributed by atoms with Crippen LogP contribution in [0.2, 0.25) is 0 Å². The highest BCUT2D eigenvalue weighted by Gasteiger charge is 2.47. The highest BCUT2D eigenvalue weighted by Crippen LogP contribution is 2.35. The van der Waals surface area contributed by atoms with Crippen molar-refractivity contribution in [3.8, 4) is 0 Å².